The number of halogens is 1. The van der Waals surface area contributed by atoms with Gasteiger partial charge in [0.15, 0.2) is 0 Å². The maximum absolute atomic E-state index is 11.1. The van der Waals surface area contributed by atoms with E-state index < -0.39 is 5.91 Å². The second kappa shape index (κ2) is 8.70. The fraction of sp³-hybridized carbons (Fsp3) is 0.417. The van der Waals surface area contributed by atoms with E-state index in [1.807, 2.05) is 0 Å². The summed E-state index contributed by atoms with van der Waals surface area (Å²) in [5.74, 6) is -0.184. The van der Waals surface area contributed by atoms with Crippen LogP contribution in [0.4, 0.5) is 0 Å². The molecular weight excluding hydrogens is 240 g/mol. The maximum Gasteiger partial charge on any atom is 0.248 e. The standard InChI is InChI=1S/C12H19ClN2O2/c1-3-4-5-17-11(8-13)7-10(12(15)16)6-9(2)14/h6-8H,3-5,14H2,1-2H3,(H2,15,16)/b9-6+,10-7+,11-8-. The van der Waals surface area contributed by atoms with E-state index >= 15 is 0 Å². The number of nitrogens with two attached hydrogens (primary N) is 2. The largest absolute Gasteiger partial charge is 0.493 e. The first kappa shape index (κ1) is 15.6. The minimum Gasteiger partial charge on any atom is -0.493 e. The van der Waals surface area contributed by atoms with Crippen LogP contribution in [0, 0.1) is 0 Å². The molecule has 0 aliphatic carbocycles. The zero-order valence-corrected chi connectivity index (χ0v) is 11.0. The third-order valence-electron chi connectivity index (χ3n) is 1.84. The first-order valence-electron chi connectivity index (χ1n) is 5.39. The monoisotopic (exact) mass is 258 g/mol. The number of carbonyl (C=O) groups excluding carboxylic acids is 1. The van der Waals surface area contributed by atoms with Gasteiger partial charge >= 0.3 is 0 Å². The van der Waals surface area contributed by atoms with Crippen molar-refractivity contribution in [2.24, 2.45) is 11.5 Å². The van der Waals surface area contributed by atoms with E-state index in [0.29, 0.717) is 18.1 Å². The number of carbonyl (C=O) groups is 1. The van der Waals surface area contributed by atoms with Gasteiger partial charge in [-0.3, -0.25) is 4.79 Å². The minimum absolute atomic E-state index is 0.258. The smallest absolute Gasteiger partial charge is 0.248 e. The van der Waals surface area contributed by atoms with Crippen molar-refractivity contribution in [3.63, 3.8) is 0 Å². The molecule has 0 aliphatic rings. The second-order valence-electron chi connectivity index (χ2n) is 3.57. The van der Waals surface area contributed by atoms with Crippen molar-refractivity contribution in [1.82, 2.24) is 0 Å². The number of rotatable bonds is 7. The van der Waals surface area contributed by atoms with Crippen molar-refractivity contribution in [2.45, 2.75) is 26.7 Å². The van der Waals surface area contributed by atoms with E-state index in [1.165, 1.54) is 17.7 Å². The molecule has 0 saturated heterocycles. The predicted molar refractivity (Wildman–Crippen MR) is 70.0 cm³/mol. The van der Waals surface area contributed by atoms with E-state index in [2.05, 4.69) is 6.92 Å². The summed E-state index contributed by atoms with van der Waals surface area (Å²) in [5.41, 5.74) is 12.7. The summed E-state index contributed by atoms with van der Waals surface area (Å²) < 4.78 is 5.37. The minimum atomic E-state index is -0.579. The summed E-state index contributed by atoms with van der Waals surface area (Å²) in [5, 5.41) is 0. The van der Waals surface area contributed by atoms with Crippen molar-refractivity contribution < 1.29 is 9.53 Å². The molecule has 0 atom stereocenters. The molecule has 0 spiro atoms. The number of primary amides is 1. The van der Waals surface area contributed by atoms with Gasteiger partial charge in [0.05, 0.1) is 6.61 Å². The molecule has 1 amide bonds. The molecule has 17 heavy (non-hydrogen) atoms. The van der Waals surface area contributed by atoms with Crippen molar-refractivity contribution in [1.29, 1.82) is 0 Å². The first-order valence-corrected chi connectivity index (χ1v) is 5.83. The zero-order chi connectivity index (χ0) is 13.3. The van der Waals surface area contributed by atoms with Crippen LogP contribution in [0.1, 0.15) is 26.7 Å². The topological polar surface area (TPSA) is 78.3 Å². The van der Waals surface area contributed by atoms with E-state index in [4.69, 9.17) is 27.8 Å². The van der Waals surface area contributed by atoms with Crippen molar-refractivity contribution in [3.05, 3.63) is 34.7 Å². The van der Waals surface area contributed by atoms with Gasteiger partial charge in [-0.1, -0.05) is 24.9 Å². The summed E-state index contributed by atoms with van der Waals surface area (Å²) in [6.45, 7) is 4.26. The lowest BCUT2D eigenvalue weighted by Crippen LogP contribution is -2.14. The van der Waals surface area contributed by atoms with Crippen LogP contribution in [0.5, 0.6) is 0 Å². The van der Waals surface area contributed by atoms with Gasteiger partial charge in [-0.05, 0) is 25.5 Å². The molecular formula is C12H19ClN2O2. The molecule has 96 valence electrons. The number of unbranched alkanes of at least 4 members (excludes halogenated alkanes) is 1. The molecule has 0 aromatic rings. The first-order chi connectivity index (χ1) is 8.01. The van der Waals surface area contributed by atoms with Crippen LogP contribution in [0.2, 0.25) is 0 Å². The van der Waals surface area contributed by atoms with Crippen LogP contribution in [0.25, 0.3) is 0 Å². The molecule has 0 rings (SSSR count). The average Bonchev–Trinajstić information content (AvgIpc) is 2.25. The molecule has 0 heterocycles. The van der Waals surface area contributed by atoms with Crippen molar-refractivity contribution >= 4 is 17.5 Å². The van der Waals surface area contributed by atoms with Gasteiger partial charge < -0.3 is 16.2 Å². The number of allylic oxidation sites excluding steroid dienone is 2. The quantitative estimate of drug-likeness (QED) is 0.318. The molecule has 4 nitrogen and oxygen atoms in total. The lowest BCUT2D eigenvalue weighted by molar-refractivity contribution is -0.114. The van der Waals surface area contributed by atoms with E-state index in [1.54, 1.807) is 6.92 Å². The summed E-state index contributed by atoms with van der Waals surface area (Å²) >= 11 is 5.60. The van der Waals surface area contributed by atoms with Crippen molar-refractivity contribution in [3.8, 4) is 0 Å². The maximum atomic E-state index is 11.1. The highest BCUT2D eigenvalue weighted by molar-refractivity contribution is 6.25. The molecule has 0 saturated carbocycles. The fourth-order valence-electron chi connectivity index (χ4n) is 1.02. The highest BCUT2D eigenvalue weighted by atomic mass is 35.5. The molecule has 0 fully saturated rings. The highest BCUT2D eigenvalue weighted by Gasteiger charge is 2.04. The Labute approximate surface area is 107 Å². The molecule has 0 bridgehead atoms. The molecule has 0 aromatic carbocycles. The van der Waals surface area contributed by atoms with Gasteiger partial charge in [0.25, 0.3) is 0 Å². The van der Waals surface area contributed by atoms with E-state index in [-0.39, 0.29) is 5.57 Å². The summed E-state index contributed by atoms with van der Waals surface area (Å²) in [6, 6.07) is 0. The molecule has 0 radical (unpaired) electrons. The number of hydrogen-bond donors (Lipinski definition) is 2. The van der Waals surface area contributed by atoms with Crippen LogP contribution in [0.3, 0.4) is 0 Å². The lowest BCUT2D eigenvalue weighted by atomic mass is 10.2. The van der Waals surface area contributed by atoms with E-state index in [9.17, 15) is 4.79 Å². The predicted octanol–water partition coefficient (Wildman–Crippen LogP) is 2.16. The van der Waals surface area contributed by atoms with Gasteiger partial charge in [0.2, 0.25) is 5.91 Å². The van der Waals surface area contributed by atoms with Crippen LogP contribution >= 0.6 is 11.6 Å². The number of ether oxygens (including phenoxy) is 1. The fourth-order valence-corrected chi connectivity index (χ4v) is 1.15. The SMILES string of the molecule is CCCCOC(=C\Cl)/C=C(\C=C(/C)N)C(N)=O. The average molecular weight is 259 g/mol. The van der Waals surface area contributed by atoms with E-state index in [0.717, 1.165) is 12.8 Å². The Morgan fingerprint density at radius 1 is 1.35 bits per heavy atom. The van der Waals surface area contributed by atoms with Gasteiger partial charge in [0, 0.05) is 16.8 Å². The zero-order valence-electron chi connectivity index (χ0n) is 10.2. The lowest BCUT2D eigenvalue weighted by Gasteiger charge is -2.06. The van der Waals surface area contributed by atoms with Crippen LogP contribution in [0.15, 0.2) is 34.7 Å². The Balaban J connectivity index is 4.77. The summed E-state index contributed by atoms with van der Waals surface area (Å²) in [4.78, 5) is 11.1. The van der Waals surface area contributed by atoms with Crippen LogP contribution in [-0.2, 0) is 9.53 Å². The Morgan fingerprint density at radius 3 is 2.41 bits per heavy atom. The van der Waals surface area contributed by atoms with Crippen LogP contribution < -0.4 is 11.5 Å². The van der Waals surface area contributed by atoms with Gasteiger partial charge in [-0.15, -0.1) is 0 Å². The molecule has 4 N–H and O–H groups in total. The third-order valence-corrected chi connectivity index (χ3v) is 2.05. The molecule has 5 heteroatoms. The third kappa shape index (κ3) is 7.47. The molecule has 0 aliphatic heterocycles. The van der Waals surface area contributed by atoms with Crippen molar-refractivity contribution in [2.75, 3.05) is 6.61 Å². The summed E-state index contributed by atoms with van der Waals surface area (Å²) in [6.07, 6.45) is 4.89. The normalized spacial score (nSPS) is 13.7. The number of hydrogen-bond acceptors (Lipinski definition) is 3. The second-order valence-corrected chi connectivity index (χ2v) is 3.78. The highest BCUT2D eigenvalue weighted by Crippen LogP contribution is 2.09. The molecule has 0 unspecified atom stereocenters. The Bertz CT molecular complexity index is 342. The number of amides is 1. The van der Waals surface area contributed by atoms with Gasteiger partial charge in [0.1, 0.15) is 5.76 Å². The van der Waals surface area contributed by atoms with Gasteiger partial charge in [-0.25, -0.2) is 0 Å². The Kier molecular flexibility index (Phi) is 7.97. The van der Waals surface area contributed by atoms with Crippen LogP contribution in [-0.4, -0.2) is 12.5 Å². The Hall–Kier alpha value is -1.42. The summed E-state index contributed by atoms with van der Waals surface area (Å²) in [7, 11) is 0. The Morgan fingerprint density at radius 2 is 2.00 bits per heavy atom. The molecule has 0 aromatic heterocycles. The van der Waals surface area contributed by atoms with Gasteiger partial charge in [-0.2, -0.15) is 0 Å².